The number of anilines is 2. The van der Waals surface area contributed by atoms with Crippen molar-refractivity contribution < 1.29 is 13.2 Å². The molecule has 0 fully saturated rings. The summed E-state index contributed by atoms with van der Waals surface area (Å²) in [5, 5.41) is 3.39. The fourth-order valence-electron chi connectivity index (χ4n) is 2.92. The standard InChI is InChI=1S/C22H21ClN2O3S/c1-2-25(20-6-4-3-5-7-20)29(27,28)21-14-12-19(13-15-21)24-22(26)16-17-8-10-18(23)11-9-17/h3-15H,2,16H2,1H3,(H,24,26). The third-order valence-corrected chi connectivity index (χ3v) is 6.50. The predicted octanol–water partition coefficient (Wildman–Crippen LogP) is 4.74. The lowest BCUT2D eigenvalue weighted by atomic mass is 10.1. The van der Waals surface area contributed by atoms with Crippen molar-refractivity contribution in [3.63, 3.8) is 0 Å². The number of amides is 1. The van der Waals surface area contributed by atoms with Crippen LogP contribution in [0.15, 0.2) is 83.8 Å². The largest absolute Gasteiger partial charge is 0.326 e. The average Bonchev–Trinajstić information content (AvgIpc) is 2.71. The summed E-state index contributed by atoms with van der Waals surface area (Å²) in [6.45, 7) is 2.10. The van der Waals surface area contributed by atoms with E-state index >= 15 is 0 Å². The van der Waals surface area contributed by atoms with Crippen LogP contribution in [-0.2, 0) is 21.2 Å². The van der Waals surface area contributed by atoms with Gasteiger partial charge in [0.15, 0.2) is 0 Å². The Hall–Kier alpha value is -2.83. The highest BCUT2D eigenvalue weighted by Gasteiger charge is 2.23. The molecular formula is C22H21ClN2O3S. The number of nitrogens with zero attached hydrogens (tertiary/aromatic N) is 1. The summed E-state index contributed by atoms with van der Waals surface area (Å²) in [7, 11) is -3.69. The molecule has 0 unspecified atom stereocenters. The van der Waals surface area contributed by atoms with E-state index in [1.54, 1.807) is 67.6 Å². The summed E-state index contributed by atoms with van der Waals surface area (Å²) in [5.41, 5.74) is 1.98. The van der Waals surface area contributed by atoms with Gasteiger partial charge < -0.3 is 5.32 Å². The van der Waals surface area contributed by atoms with Crippen molar-refractivity contribution in [2.24, 2.45) is 0 Å². The summed E-state index contributed by atoms with van der Waals surface area (Å²) < 4.78 is 27.3. The zero-order valence-electron chi connectivity index (χ0n) is 15.9. The topological polar surface area (TPSA) is 66.5 Å². The predicted molar refractivity (Wildman–Crippen MR) is 117 cm³/mol. The Morgan fingerprint density at radius 1 is 0.931 bits per heavy atom. The van der Waals surface area contributed by atoms with Gasteiger partial charge in [-0.2, -0.15) is 0 Å². The van der Waals surface area contributed by atoms with Crippen molar-refractivity contribution in [3.8, 4) is 0 Å². The van der Waals surface area contributed by atoms with E-state index in [1.807, 2.05) is 6.07 Å². The Morgan fingerprint density at radius 2 is 1.55 bits per heavy atom. The Kier molecular flexibility index (Phi) is 6.56. The van der Waals surface area contributed by atoms with Gasteiger partial charge in [-0.25, -0.2) is 8.42 Å². The van der Waals surface area contributed by atoms with Crippen LogP contribution in [-0.4, -0.2) is 20.9 Å². The zero-order valence-corrected chi connectivity index (χ0v) is 17.5. The summed E-state index contributed by atoms with van der Waals surface area (Å²) in [4.78, 5) is 12.4. The van der Waals surface area contributed by atoms with Gasteiger partial charge in [0.2, 0.25) is 5.91 Å². The highest BCUT2D eigenvalue weighted by atomic mass is 35.5. The van der Waals surface area contributed by atoms with Gasteiger partial charge in [-0.1, -0.05) is 41.9 Å². The van der Waals surface area contributed by atoms with Crippen molar-refractivity contribution in [1.29, 1.82) is 0 Å². The minimum atomic E-state index is -3.69. The van der Waals surface area contributed by atoms with E-state index in [0.29, 0.717) is 22.9 Å². The smallest absolute Gasteiger partial charge is 0.264 e. The quantitative estimate of drug-likeness (QED) is 0.591. The first-order chi connectivity index (χ1) is 13.9. The van der Waals surface area contributed by atoms with E-state index in [2.05, 4.69) is 5.32 Å². The van der Waals surface area contributed by atoms with Crippen LogP contribution in [0.4, 0.5) is 11.4 Å². The number of carbonyl (C=O) groups is 1. The lowest BCUT2D eigenvalue weighted by Crippen LogP contribution is -2.30. The number of rotatable bonds is 7. The average molecular weight is 429 g/mol. The molecule has 29 heavy (non-hydrogen) atoms. The Labute approximate surface area is 176 Å². The minimum absolute atomic E-state index is 0.166. The minimum Gasteiger partial charge on any atom is -0.326 e. The zero-order chi connectivity index (χ0) is 20.9. The van der Waals surface area contributed by atoms with E-state index in [0.717, 1.165) is 5.56 Å². The molecule has 0 radical (unpaired) electrons. The summed E-state index contributed by atoms with van der Waals surface area (Å²) >= 11 is 5.85. The maximum absolute atomic E-state index is 13.0. The maximum Gasteiger partial charge on any atom is 0.264 e. The van der Waals surface area contributed by atoms with E-state index in [9.17, 15) is 13.2 Å². The lowest BCUT2D eigenvalue weighted by Gasteiger charge is -2.23. The van der Waals surface area contributed by atoms with Crippen LogP contribution < -0.4 is 9.62 Å². The second-order valence-corrected chi connectivity index (χ2v) is 8.68. The maximum atomic E-state index is 13.0. The van der Waals surface area contributed by atoms with E-state index in [1.165, 1.54) is 16.4 Å². The second-order valence-electron chi connectivity index (χ2n) is 6.38. The number of carbonyl (C=O) groups excluding carboxylic acids is 1. The van der Waals surface area contributed by atoms with Crippen LogP contribution in [0, 0.1) is 0 Å². The Balaban J connectivity index is 1.71. The fourth-order valence-corrected chi connectivity index (χ4v) is 4.52. The van der Waals surface area contributed by atoms with Gasteiger partial charge in [0, 0.05) is 17.3 Å². The van der Waals surface area contributed by atoms with Gasteiger partial charge >= 0.3 is 0 Å². The molecule has 150 valence electrons. The van der Waals surface area contributed by atoms with E-state index < -0.39 is 10.0 Å². The molecule has 3 rings (SSSR count). The molecule has 0 heterocycles. The normalized spacial score (nSPS) is 11.1. The van der Waals surface area contributed by atoms with Gasteiger partial charge in [0.05, 0.1) is 17.0 Å². The van der Waals surface area contributed by atoms with Gasteiger partial charge in [-0.3, -0.25) is 9.10 Å². The number of hydrogen-bond donors (Lipinski definition) is 1. The van der Waals surface area contributed by atoms with Gasteiger partial charge in [-0.05, 0) is 61.0 Å². The molecule has 0 aliphatic rings. The molecule has 1 N–H and O–H groups in total. The number of hydrogen-bond acceptors (Lipinski definition) is 3. The molecular weight excluding hydrogens is 408 g/mol. The summed E-state index contributed by atoms with van der Waals surface area (Å²) in [5.74, 6) is -0.192. The Morgan fingerprint density at radius 3 is 2.14 bits per heavy atom. The summed E-state index contributed by atoms with van der Waals surface area (Å²) in [6.07, 6.45) is 0.203. The Bertz CT molecular complexity index is 1070. The highest BCUT2D eigenvalue weighted by Crippen LogP contribution is 2.24. The number of sulfonamides is 1. The van der Waals surface area contributed by atoms with Crippen LogP contribution in [0.3, 0.4) is 0 Å². The molecule has 3 aromatic rings. The van der Waals surface area contributed by atoms with Crippen molar-refractivity contribution in [1.82, 2.24) is 0 Å². The fraction of sp³-hybridized carbons (Fsp3) is 0.136. The molecule has 3 aromatic carbocycles. The van der Waals surface area contributed by atoms with Crippen molar-refractivity contribution in [2.75, 3.05) is 16.2 Å². The van der Waals surface area contributed by atoms with Gasteiger partial charge in [-0.15, -0.1) is 0 Å². The number of benzene rings is 3. The van der Waals surface area contributed by atoms with Crippen molar-refractivity contribution in [2.45, 2.75) is 18.2 Å². The van der Waals surface area contributed by atoms with Gasteiger partial charge in [0.1, 0.15) is 0 Å². The third-order valence-electron chi connectivity index (χ3n) is 4.34. The third kappa shape index (κ3) is 5.16. The highest BCUT2D eigenvalue weighted by molar-refractivity contribution is 7.92. The molecule has 0 aliphatic carbocycles. The van der Waals surface area contributed by atoms with Crippen LogP contribution in [0.25, 0.3) is 0 Å². The molecule has 0 aliphatic heterocycles. The van der Waals surface area contributed by atoms with Gasteiger partial charge in [0.25, 0.3) is 10.0 Å². The molecule has 1 amide bonds. The first kappa shape index (κ1) is 20.9. The molecule has 7 heteroatoms. The molecule has 0 spiro atoms. The molecule has 0 aromatic heterocycles. The molecule has 0 saturated heterocycles. The van der Waals surface area contributed by atoms with E-state index in [4.69, 9.17) is 11.6 Å². The van der Waals surface area contributed by atoms with Crippen LogP contribution in [0.1, 0.15) is 12.5 Å². The number of nitrogens with one attached hydrogen (secondary N) is 1. The first-order valence-electron chi connectivity index (χ1n) is 9.12. The SMILES string of the molecule is CCN(c1ccccc1)S(=O)(=O)c1ccc(NC(=O)Cc2ccc(Cl)cc2)cc1. The van der Waals surface area contributed by atoms with Crippen molar-refractivity contribution >= 4 is 38.9 Å². The molecule has 0 saturated carbocycles. The van der Waals surface area contributed by atoms with Crippen molar-refractivity contribution in [3.05, 3.63) is 89.4 Å². The van der Waals surface area contributed by atoms with E-state index in [-0.39, 0.29) is 17.2 Å². The van der Waals surface area contributed by atoms with Crippen LogP contribution >= 0.6 is 11.6 Å². The monoisotopic (exact) mass is 428 g/mol. The molecule has 0 bridgehead atoms. The summed E-state index contributed by atoms with van der Waals surface area (Å²) in [6, 6.07) is 22.2. The number of halogens is 1. The lowest BCUT2D eigenvalue weighted by molar-refractivity contribution is -0.115. The second kappa shape index (κ2) is 9.11. The molecule has 5 nitrogen and oxygen atoms in total. The first-order valence-corrected chi connectivity index (χ1v) is 10.9. The van der Waals surface area contributed by atoms with Crippen LogP contribution in [0.2, 0.25) is 5.02 Å². The number of para-hydroxylation sites is 1. The van der Waals surface area contributed by atoms with Crippen LogP contribution in [0.5, 0.6) is 0 Å². The molecule has 0 atom stereocenters.